The summed E-state index contributed by atoms with van der Waals surface area (Å²) in [7, 11) is 0. The van der Waals surface area contributed by atoms with Crippen molar-refractivity contribution >= 4 is 11.8 Å². The van der Waals surface area contributed by atoms with Gasteiger partial charge in [-0.1, -0.05) is 25.6 Å². The third-order valence-electron chi connectivity index (χ3n) is 1.72. The molecule has 1 aromatic heterocycles. The van der Waals surface area contributed by atoms with Gasteiger partial charge in [0, 0.05) is 11.8 Å². The van der Waals surface area contributed by atoms with Crippen LogP contribution >= 0.6 is 11.8 Å². The predicted molar refractivity (Wildman–Crippen MR) is 52.5 cm³/mol. The highest BCUT2D eigenvalue weighted by molar-refractivity contribution is 7.99. The second-order valence-corrected chi connectivity index (χ2v) is 4.22. The van der Waals surface area contributed by atoms with Gasteiger partial charge in [0.25, 0.3) is 0 Å². The number of nitrogens with zero attached hydrogens (tertiary/aromatic N) is 4. The first-order valence-corrected chi connectivity index (χ1v) is 5.28. The molecule has 0 fully saturated rings. The van der Waals surface area contributed by atoms with E-state index in [1.165, 1.54) is 0 Å². The fourth-order valence-corrected chi connectivity index (χ4v) is 1.67. The third kappa shape index (κ3) is 2.96. The van der Waals surface area contributed by atoms with Crippen LogP contribution in [-0.4, -0.2) is 32.0 Å². The average molecular weight is 201 g/mol. The Balaban J connectivity index is 2.59. The molecule has 0 spiro atoms. The van der Waals surface area contributed by atoms with Gasteiger partial charge in [-0.15, -0.1) is 5.10 Å². The zero-order valence-electron chi connectivity index (χ0n) is 7.97. The molecule has 1 aromatic rings. The molecule has 1 rings (SSSR count). The summed E-state index contributed by atoms with van der Waals surface area (Å²) in [4.78, 5) is 0. The normalized spacial score (nSPS) is 13.2. The Morgan fingerprint density at radius 2 is 2.38 bits per heavy atom. The summed E-state index contributed by atoms with van der Waals surface area (Å²) >= 11 is 1.69. The third-order valence-corrected chi connectivity index (χ3v) is 2.96. The van der Waals surface area contributed by atoms with Crippen molar-refractivity contribution in [3.05, 3.63) is 0 Å². The molecule has 1 unspecified atom stereocenters. The van der Waals surface area contributed by atoms with E-state index in [9.17, 15) is 0 Å². The maximum atomic E-state index is 5.43. The van der Waals surface area contributed by atoms with Crippen LogP contribution in [0.3, 0.4) is 0 Å². The zero-order chi connectivity index (χ0) is 9.68. The van der Waals surface area contributed by atoms with Gasteiger partial charge in [0.1, 0.15) is 0 Å². The molecule has 0 bridgehead atoms. The first kappa shape index (κ1) is 10.5. The van der Waals surface area contributed by atoms with Crippen LogP contribution in [0.25, 0.3) is 0 Å². The standard InChI is InChI=1S/C7H15N5S/c1-3-6(2)13-7-9-10-11-12(7)5-4-8/h6H,3-5,8H2,1-2H3. The molecule has 0 aliphatic heterocycles. The summed E-state index contributed by atoms with van der Waals surface area (Å²) in [6.45, 7) is 5.56. The van der Waals surface area contributed by atoms with Crippen molar-refractivity contribution in [1.82, 2.24) is 20.2 Å². The molecular formula is C7H15N5S. The summed E-state index contributed by atoms with van der Waals surface area (Å²) in [5, 5.41) is 12.8. The van der Waals surface area contributed by atoms with Gasteiger partial charge in [-0.05, 0) is 16.8 Å². The van der Waals surface area contributed by atoms with Crippen molar-refractivity contribution < 1.29 is 0 Å². The van der Waals surface area contributed by atoms with Crippen molar-refractivity contribution in [3.63, 3.8) is 0 Å². The summed E-state index contributed by atoms with van der Waals surface area (Å²) in [5.41, 5.74) is 5.43. The topological polar surface area (TPSA) is 69.6 Å². The Morgan fingerprint density at radius 1 is 1.62 bits per heavy atom. The number of nitrogens with two attached hydrogens (primary N) is 1. The molecular weight excluding hydrogens is 186 g/mol. The SMILES string of the molecule is CCC(C)Sc1nnnn1CCN. The second kappa shape index (κ2) is 5.18. The maximum absolute atomic E-state index is 5.43. The van der Waals surface area contributed by atoms with E-state index in [-0.39, 0.29) is 0 Å². The fourth-order valence-electron chi connectivity index (χ4n) is 0.807. The van der Waals surface area contributed by atoms with Gasteiger partial charge in [0.2, 0.25) is 5.16 Å². The lowest BCUT2D eigenvalue weighted by Gasteiger charge is -2.06. The summed E-state index contributed by atoms with van der Waals surface area (Å²) < 4.78 is 1.75. The van der Waals surface area contributed by atoms with Crippen molar-refractivity contribution in [3.8, 4) is 0 Å². The van der Waals surface area contributed by atoms with E-state index in [2.05, 4.69) is 29.4 Å². The van der Waals surface area contributed by atoms with Crippen LogP contribution in [0.2, 0.25) is 0 Å². The molecule has 1 heterocycles. The van der Waals surface area contributed by atoms with Crippen molar-refractivity contribution in [1.29, 1.82) is 0 Å². The van der Waals surface area contributed by atoms with E-state index >= 15 is 0 Å². The van der Waals surface area contributed by atoms with E-state index in [4.69, 9.17) is 5.73 Å². The second-order valence-electron chi connectivity index (χ2n) is 2.81. The van der Waals surface area contributed by atoms with Crippen LogP contribution < -0.4 is 5.73 Å². The van der Waals surface area contributed by atoms with Gasteiger partial charge in [0.15, 0.2) is 0 Å². The van der Waals surface area contributed by atoms with Crippen molar-refractivity contribution in [2.75, 3.05) is 6.54 Å². The number of thioether (sulfide) groups is 1. The maximum Gasteiger partial charge on any atom is 0.209 e. The summed E-state index contributed by atoms with van der Waals surface area (Å²) in [6.07, 6.45) is 1.11. The first-order chi connectivity index (χ1) is 6.27. The Kier molecular flexibility index (Phi) is 4.17. The van der Waals surface area contributed by atoms with Crippen molar-refractivity contribution in [2.24, 2.45) is 5.73 Å². The van der Waals surface area contributed by atoms with E-state index < -0.39 is 0 Å². The van der Waals surface area contributed by atoms with E-state index in [1.54, 1.807) is 16.4 Å². The Labute approximate surface area is 82.1 Å². The first-order valence-electron chi connectivity index (χ1n) is 4.40. The Morgan fingerprint density at radius 3 is 3.00 bits per heavy atom. The molecule has 13 heavy (non-hydrogen) atoms. The lowest BCUT2D eigenvalue weighted by molar-refractivity contribution is 0.556. The lowest BCUT2D eigenvalue weighted by Crippen LogP contribution is -2.12. The van der Waals surface area contributed by atoms with Gasteiger partial charge in [-0.2, -0.15) is 0 Å². The largest absolute Gasteiger partial charge is 0.329 e. The minimum absolute atomic E-state index is 0.544. The van der Waals surface area contributed by atoms with Gasteiger partial charge < -0.3 is 5.73 Å². The zero-order valence-corrected chi connectivity index (χ0v) is 8.79. The van der Waals surface area contributed by atoms with Gasteiger partial charge in [-0.25, -0.2) is 4.68 Å². The molecule has 6 heteroatoms. The van der Waals surface area contributed by atoms with Crippen LogP contribution in [0.5, 0.6) is 0 Å². The van der Waals surface area contributed by atoms with Gasteiger partial charge in [-0.3, -0.25) is 0 Å². The molecule has 2 N–H and O–H groups in total. The molecule has 0 radical (unpaired) electrons. The molecule has 5 nitrogen and oxygen atoms in total. The fraction of sp³-hybridized carbons (Fsp3) is 0.857. The Bertz CT molecular complexity index is 249. The van der Waals surface area contributed by atoms with E-state index in [0.717, 1.165) is 11.6 Å². The van der Waals surface area contributed by atoms with Crippen LogP contribution in [0.15, 0.2) is 5.16 Å². The molecule has 0 saturated carbocycles. The highest BCUT2D eigenvalue weighted by Crippen LogP contribution is 2.21. The average Bonchev–Trinajstić information content (AvgIpc) is 2.54. The Hall–Kier alpha value is -0.620. The summed E-state index contributed by atoms with van der Waals surface area (Å²) in [5.74, 6) is 0. The van der Waals surface area contributed by atoms with Gasteiger partial charge in [0.05, 0.1) is 6.54 Å². The molecule has 0 aromatic carbocycles. The van der Waals surface area contributed by atoms with Crippen LogP contribution in [0.4, 0.5) is 0 Å². The number of hydrogen-bond donors (Lipinski definition) is 1. The van der Waals surface area contributed by atoms with Crippen LogP contribution in [0, 0.1) is 0 Å². The number of hydrogen-bond acceptors (Lipinski definition) is 5. The minimum Gasteiger partial charge on any atom is -0.329 e. The lowest BCUT2D eigenvalue weighted by atomic mass is 10.4. The highest BCUT2D eigenvalue weighted by Gasteiger charge is 2.09. The van der Waals surface area contributed by atoms with Crippen LogP contribution in [-0.2, 0) is 6.54 Å². The van der Waals surface area contributed by atoms with E-state index in [0.29, 0.717) is 18.3 Å². The van der Waals surface area contributed by atoms with Crippen LogP contribution in [0.1, 0.15) is 20.3 Å². The smallest absolute Gasteiger partial charge is 0.209 e. The summed E-state index contributed by atoms with van der Waals surface area (Å²) in [6, 6.07) is 0. The monoisotopic (exact) mass is 201 g/mol. The molecule has 0 saturated heterocycles. The molecule has 0 aliphatic carbocycles. The number of rotatable bonds is 5. The molecule has 1 atom stereocenters. The highest BCUT2D eigenvalue weighted by atomic mass is 32.2. The molecule has 74 valence electrons. The number of tetrazole rings is 1. The minimum atomic E-state index is 0.544. The predicted octanol–water partition coefficient (Wildman–Crippen LogP) is 0.522. The number of aromatic nitrogens is 4. The quantitative estimate of drug-likeness (QED) is 0.703. The molecule has 0 aliphatic rings. The van der Waals surface area contributed by atoms with E-state index in [1.807, 2.05) is 0 Å². The van der Waals surface area contributed by atoms with Gasteiger partial charge >= 0.3 is 0 Å². The van der Waals surface area contributed by atoms with Crippen molar-refractivity contribution in [2.45, 2.75) is 37.2 Å². The molecule has 0 amide bonds.